The molecule has 0 aliphatic heterocycles. The van der Waals surface area contributed by atoms with Crippen molar-refractivity contribution in [1.82, 2.24) is 0 Å². The van der Waals surface area contributed by atoms with Crippen LogP contribution in [0, 0.1) is 5.92 Å². The molecule has 0 aromatic heterocycles. The van der Waals surface area contributed by atoms with Gasteiger partial charge in [0.1, 0.15) is 0 Å². The minimum atomic E-state index is -0.301. The second-order valence-corrected chi connectivity index (χ2v) is 5.48. The highest BCUT2D eigenvalue weighted by molar-refractivity contribution is 5.89. The van der Waals surface area contributed by atoms with E-state index in [1.807, 2.05) is 12.1 Å². The van der Waals surface area contributed by atoms with Crippen LogP contribution in [0.2, 0.25) is 0 Å². The van der Waals surface area contributed by atoms with E-state index in [-0.39, 0.29) is 5.97 Å². The van der Waals surface area contributed by atoms with E-state index in [4.69, 9.17) is 4.74 Å². The number of carbonyl (C=O) groups is 1. The van der Waals surface area contributed by atoms with Gasteiger partial charge in [-0.15, -0.1) is 0 Å². The molecule has 0 bridgehead atoms. The van der Waals surface area contributed by atoms with Crippen LogP contribution < -0.4 is 0 Å². The number of esters is 1. The van der Waals surface area contributed by atoms with Crippen LogP contribution in [0.4, 0.5) is 0 Å². The summed E-state index contributed by atoms with van der Waals surface area (Å²) in [6.07, 6.45) is 2.33. The normalized spacial score (nSPS) is 12.0. The van der Waals surface area contributed by atoms with Crippen molar-refractivity contribution < 1.29 is 9.53 Å². The molecule has 0 aliphatic rings. The van der Waals surface area contributed by atoms with Crippen LogP contribution in [-0.2, 0) is 11.2 Å². The summed E-state index contributed by atoms with van der Waals surface area (Å²) >= 11 is 0. The Bertz CT molecular complexity index is 582. The van der Waals surface area contributed by atoms with Crippen molar-refractivity contribution in [2.24, 2.45) is 5.92 Å². The Balaban J connectivity index is 2.13. The molecule has 21 heavy (non-hydrogen) atoms. The van der Waals surface area contributed by atoms with E-state index in [2.05, 4.69) is 38.1 Å². The Morgan fingerprint density at radius 2 is 1.52 bits per heavy atom. The summed E-state index contributed by atoms with van der Waals surface area (Å²) in [7, 11) is 1.40. The van der Waals surface area contributed by atoms with E-state index in [1.165, 1.54) is 24.7 Å². The van der Waals surface area contributed by atoms with Crippen molar-refractivity contribution in [3.8, 4) is 11.1 Å². The van der Waals surface area contributed by atoms with Crippen molar-refractivity contribution in [2.45, 2.75) is 26.7 Å². The first-order valence-corrected chi connectivity index (χ1v) is 7.41. The Labute approximate surface area is 126 Å². The highest BCUT2D eigenvalue weighted by Crippen LogP contribution is 2.22. The summed E-state index contributed by atoms with van der Waals surface area (Å²) in [5.74, 6) is 0.417. The van der Waals surface area contributed by atoms with Gasteiger partial charge in [0.05, 0.1) is 12.7 Å². The molecule has 0 fully saturated rings. The summed E-state index contributed by atoms with van der Waals surface area (Å²) in [5.41, 5.74) is 4.23. The van der Waals surface area contributed by atoms with Gasteiger partial charge in [-0.2, -0.15) is 0 Å². The second kappa shape index (κ2) is 7.07. The fourth-order valence-corrected chi connectivity index (χ4v) is 2.30. The minimum Gasteiger partial charge on any atom is -0.465 e. The monoisotopic (exact) mass is 282 g/mol. The maximum absolute atomic E-state index is 11.4. The number of benzene rings is 2. The molecular weight excluding hydrogens is 260 g/mol. The average Bonchev–Trinajstić information content (AvgIpc) is 2.55. The molecule has 0 heterocycles. The number of carbonyl (C=O) groups excluding carboxylic acids is 1. The van der Waals surface area contributed by atoms with Crippen LogP contribution in [0.1, 0.15) is 36.2 Å². The summed E-state index contributed by atoms with van der Waals surface area (Å²) in [6, 6.07) is 16.2. The lowest BCUT2D eigenvalue weighted by atomic mass is 9.96. The van der Waals surface area contributed by atoms with Crippen LogP contribution >= 0.6 is 0 Å². The Hall–Kier alpha value is -2.09. The Kier molecular flexibility index (Phi) is 5.15. The fourth-order valence-electron chi connectivity index (χ4n) is 2.30. The number of hydrogen-bond donors (Lipinski definition) is 0. The predicted molar refractivity (Wildman–Crippen MR) is 86.4 cm³/mol. The van der Waals surface area contributed by atoms with Gasteiger partial charge in [0.2, 0.25) is 0 Å². The van der Waals surface area contributed by atoms with Gasteiger partial charge in [0.15, 0.2) is 0 Å². The highest BCUT2D eigenvalue weighted by Gasteiger charge is 2.06. The molecule has 2 heteroatoms. The second-order valence-electron chi connectivity index (χ2n) is 5.48. The molecule has 1 atom stereocenters. The molecule has 2 rings (SSSR count). The number of methoxy groups -OCH3 is 1. The van der Waals surface area contributed by atoms with Crippen LogP contribution in [0.3, 0.4) is 0 Å². The Morgan fingerprint density at radius 3 is 2.00 bits per heavy atom. The van der Waals surface area contributed by atoms with Gasteiger partial charge in [-0.3, -0.25) is 0 Å². The minimum absolute atomic E-state index is 0.301. The molecule has 1 unspecified atom stereocenters. The van der Waals surface area contributed by atoms with Gasteiger partial charge < -0.3 is 4.74 Å². The summed E-state index contributed by atoms with van der Waals surface area (Å²) in [5, 5.41) is 0. The largest absolute Gasteiger partial charge is 0.465 e. The number of ether oxygens (including phenoxy) is 1. The number of hydrogen-bond acceptors (Lipinski definition) is 2. The summed E-state index contributed by atoms with van der Waals surface area (Å²) < 4.78 is 4.71. The van der Waals surface area contributed by atoms with Crippen molar-refractivity contribution >= 4 is 5.97 Å². The smallest absolute Gasteiger partial charge is 0.337 e. The van der Waals surface area contributed by atoms with E-state index < -0.39 is 0 Å². The predicted octanol–water partition coefficient (Wildman–Crippen LogP) is 4.73. The zero-order valence-electron chi connectivity index (χ0n) is 12.9. The van der Waals surface area contributed by atoms with Gasteiger partial charge in [0, 0.05) is 0 Å². The molecule has 0 saturated carbocycles. The highest BCUT2D eigenvalue weighted by atomic mass is 16.5. The first-order valence-electron chi connectivity index (χ1n) is 7.41. The molecule has 0 N–H and O–H groups in total. The zero-order chi connectivity index (χ0) is 15.2. The Morgan fingerprint density at radius 1 is 1.00 bits per heavy atom. The summed E-state index contributed by atoms with van der Waals surface area (Å²) in [4.78, 5) is 11.4. The van der Waals surface area contributed by atoms with Crippen LogP contribution in [0.5, 0.6) is 0 Å². The van der Waals surface area contributed by atoms with Crippen LogP contribution in [0.25, 0.3) is 11.1 Å². The molecule has 0 amide bonds. The fraction of sp³-hybridized carbons (Fsp3) is 0.316. The third-order valence-electron chi connectivity index (χ3n) is 3.87. The molecule has 0 radical (unpaired) electrons. The molecule has 0 spiro atoms. The maximum atomic E-state index is 11.4. The lowest BCUT2D eigenvalue weighted by molar-refractivity contribution is 0.0601. The first kappa shape index (κ1) is 15.3. The van der Waals surface area contributed by atoms with Crippen molar-refractivity contribution in [2.75, 3.05) is 7.11 Å². The quantitative estimate of drug-likeness (QED) is 0.741. The molecule has 2 aromatic rings. The average molecular weight is 282 g/mol. The molecule has 2 aromatic carbocycles. The first-order chi connectivity index (χ1) is 10.1. The molecule has 2 nitrogen and oxygen atoms in total. The SMILES string of the molecule is CCC(C)Cc1ccc(-c2ccc(C(=O)OC)cc2)cc1. The van der Waals surface area contributed by atoms with Gasteiger partial charge in [0.25, 0.3) is 0 Å². The third-order valence-corrected chi connectivity index (χ3v) is 3.87. The van der Waals surface area contributed by atoms with E-state index >= 15 is 0 Å². The topological polar surface area (TPSA) is 26.3 Å². The van der Waals surface area contributed by atoms with E-state index in [9.17, 15) is 4.79 Å². The van der Waals surface area contributed by atoms with Gasteiger partial charge in [-0.1, -0.05) is 56.7 Å². The van der Waals surface area contributed by atoms with Gasteiger partial charge >= 0.3 is 5.97 Å². The molecule has 0 saturated heterocycles. The van der Waals surface area contributed by atoms with E-state index in [0.717, 1.165) is 17.9 Å². The van der Waals surface area contributed by atoms with Crippen molar-refractivity contribution in [3.05, 3.63) is 59.7 Å². The van der Waals surface area contributed by atoms with Gasteiger partial charge in [-0.05, 0) is 41.2 Å². The van der Waals surface area contributed by atoms with Crippen LogP contribution in [-0.4, -0.2) is 13.1 Å². The zero-order valence-corrected chi connectivity index (χ0v) is 12.9. The maximum Gasteiger partial charge on any atom is 0.337 e. The van der Waals surface area contributed by atoms with Crippen molar-refractivity contribution in [3.63, 3.8) is 0 Å². The standard InChI is InChI=1S/C19H22O2/c1-4-14(2)13-15-5-7-16(8-6-15)17-9-11-18(12-10-17)19(20)21-3/h5-12,14H,4,13H2,1-3H3. The molecule has 0 aliphatic carbocycles. The summed E-state index contributed by atoms with van der Waals surface area (Å²) in [6.45, 7) is 4.50. The van der Waals surface area contributed by atoms with E-state index in [1.54, 1.807) is 12.1 Å². The molecule has 110 valence electrons. The third kappa shape index (κ3) is 3.94. The van der Waals surface area contributed by atoms with Crippen molar-refractivity contribution in [1.29, 1.82) is 0 Å². The molecular formula is C19H22O2. The number of rotatable bonds is 5. The van der Waals surface area contributed by atoms with Crippen LogP contribution in [0.15, 0.2) is 48.5 Å². The lowest BCUT2D eigenvalue weighted by Gasteiger charge is -2.09. The lowest BCUT2D eigenvalue weighted by Crippen LogP contribution is -2.00. The van der Waals surface area contributed by atoms with E-state index in [0.29, 0.717) is 5.56 Å². The van der Waals surface area contributed by atoms with Gasteiger partial charge in [-0.25, -0.2) is 4.79 Å².